The Morgan fingerprint density at radius 2 is 1.49 bits per heavy atom. The van der Waals surface area contributed by atoms with Crippen molar-refractivity contribution in [1.82, 2.24) is 20.3 Å². The molecule has 0 radical (unpaired) electrons. The number of ether oxygens (including phenoxy) is 2. The average Bonchev–Trinajstić information content (AvgIpc) is 3.99. The number of carbonyl (C=O) groups excluding carboxylic acids is 3. The summed E-state index contributed by atoms with van der Waals surface area (Å²) in [4.78, 5) is 56.7. The standard InChI is InChI=1S/C55H74N4O5.Mg/c1-13-39-35(8)42-28-44-37(10)41(24-25-48(60)64-27-26-34(7)23-17-22-33(6)21-16-20-32(5)19-15-18-31(3)4)52(58-44)50-51(55(62)63-12)54(61)49-38(11)45(59-53(49)50)30-47-40(14-2)36(9)43(57-47)29-46(39)56-42;/h13,26,28-33,37,41,51H,1,14-25,27H2,2-12H3,(H2,58,59,61);/q-2;+2/p-1/b34-26+,43-29-,44-28-,47-30-;/t32-,33-,37+,41+,51-;/m1./s1. The van der Waals surface area contributed by atoms with Crippen LogP contribution in [0.1, 0.15) is 180 Å². The van der Waals surface area contributed by atoms with Gasteiger partial charge in [-0.1, -0.05) is 145 Å². The van der Waals surface area contributed by atoms with Gasteiger partial charge < -0.3 is 29.7 Å². The molecule has 346 valence electrons. The number of rotatable bonds is 20. The maximum atomic E-state index is 14.4. The molecule has 3 aliphatic rings. The van der Waals surface area contributed by atoms with E-state index < -0.39 is 11.9 Å². The number of hydrogen-bond acceptors (Lipinski definition) is 6. The number of allylic oxidation sites excluding steroid dienone is 3. The van der Waals surface area contributed by atoms with Crippen LogP contribution in [-0.2, 0) is 25.5 Å². The van der Waals surface area contributed by atoms with Gasteiger partial charge in [0, 0.05) is 35.2 Å². The van der Waals surface area contributed by atoms with Crippen LogP contribution in [-0.4, -0.2) is 54.5 Å². The topological polar surface area (TPSA) is 124 Å². The second kappa shape index (κ2) is 22.9. The maximum Gasteiger partial charge on any atom is 2.00 e. The molecular weight excluding hydrogens is 821 g/mol. The smallest absolute Gasteiger partial charge is 0.657 e. The van der Waals surface area contributed by atoms with Gasteiger partial charge in [-0.15, -0.1) is 33.5 Å². The van der Waals surface area contributed by atoms with Crippen molar-refractivity contribution in [2.24, 2.45) is 35.5 Å². The summed E-state index contributed by atoms with van der Waals surface area (Å²) in [5, 5.41) is 5.28. The van der Waals surface area contributed by atoms with Gasteiger partial charge in [0.1, 0.15) is 12.5 Å². The molecule has 0 aromatic carbocycles. The van der Waals surface area contributed by atoms with Crippen molar-refractivity contribution in [2.75, 3.05) is 13.7 Å². The Hall–Kier alpha value is -4.28. The molecule has 1 fully saturated rings. The zero-order chi connectivity index (χ0) is 46.4. The largest absolute Gasteiger partial charge is 2.00 e. The van der Waals surface area contributed by atoms with Crippen LogP contribution >= 0.6 is 0 Å². The number of fused-ring (bicyclic) bond motifs is 7. The molecule has 5 atom stereocenters. The SMILES string of the molecule is C=Cc1c2[n-]c(c1C)/C=C1\N/C(=C3\c4[n-]c(c(C)c4C(=O)[C@@H]3C(=O)OC)/C=c3\[n-]/c(c(C)c3CC)=C\2)[C@@H](CCC(=O)OC/C=C(\C)CCC[C@H](C)CCC[C@H](C)CCCC(C)C)[C@@H]1C.[Mg+2]. The third-order valence-electron chi connectivity index (χ3n) is 14.3. The minimum atomic E-state index is -1.19. The van der Waals surface area contributed by atoms with Gasteiger partial charge in [0.25, 0.3) is 0 Å². The maximum absolute atomic E-state index is 14.4. The second-order valence-corrected chi connectivity index (χ2v) is 19.5. The molecule has 1 N–H and O–H groups in total. The van der Waals surface area contributed by atoms with Crippen molar-refractivity contribution < 1.29 is 23.9 Å². The summed E-state index contributed by atoms with van der Waals surface area (Å²) in [7, 11) is 1.31. The van der Waals surface area contributed by atoms with Crippen LogP contribution in [0, 0.1) is 56.3 Å². The van der Waals surface area contributed by atoms with E-state index in [1.54, 1.807) is 0 Å². The summed E-state index contributed by atoms with van der Waals surface area (Å²) < 4.78 is 11.1. The Labute approximate surface area is 404 Å². The number of nitrogens with one attached hydrogen (secondary N) is 1. The molecule has 0 spiro atoms. The second-order valence-electron chi connectivity index (χ2n) is 19.5. The molecule has 65 heavy (non-hydrogen) atoms. The van der Waals surface area contributed by atoms with Crippen LogP contribution in [0.4, 0.5) is 0 Å². The quantitative estimate of drug-likeness (QED) is 0.0511. The first kappa shape index (κ1) is 51.7. The predicted octanol–water partition coefficient (Wildman–Crippen LogP) is 9.58. The number of nitrogens with zero attached hydrogens (tertiary/aromatic N) is 3. The fourth-order valence-corrected chi connectivity index (χ4v) is 10.2. The van der Waals surface area contributed by atoms with E-state index in [0.717, 1.165) is 81.1 Å². The Kier molecular flexibility index (Phi) is 18.3. The summed E-state index contributed by atoms with van der Waals surface area (Å²) >= 11 is 0. The van der Waals surface area contributed by atoms with Crippen LogP contribution in [0.15, 0.2) is 29.6 Å². The Balaban J connectivity index is 0.00000793. The molecule has 2 aliphatic heterocycles. The van der Waals surface area contributed by atoms with Crippen LogP contribution in [0.3, 0.4) is 0 Å². The van der Waals surface area contributed by atoms with E-state index >= 15 is 0 Å². The number of aromatic nitrogens is 3. The monoisotopic (exact) mass is 894 g/mol. The zero-order valence-corrected chi connectivity index (χ0v) is 42.8. The molecule has 0 unspecified atom stereocenters. The van der Waals surface area contributed by atoms with E-state index in [0.29, 0.717) is 46.1 Å². The van der Waals surface area contributed by atoms with Crippen molar-refractivity contribution >= 4 is 70.7 Å². The van der Waals surface area contributed by atoms with E-state index in [9.17, 15) is 14.4 Å². The Morgan fingerprint density at radius 1 is 0.846 bits per heavy atom. The third kappa shape index (κ3) is 11.6. The van der Waals surface area contributed by atoms with Gasteiger partial charge in [-0.05, 0) is 88.3 Å². The summed E-state index contributed by atoms with van der Waals surface area (Å²) in [5.41, 5.74) is 11.2. The molecule has 5 heterocycles. The summed E-state index contributed by atoms with van der Waals surface area (Å²) in [5.74, 6) is -0.510. The van der Waals surface area contributed by atoms with Gasteiger partial charge in [0.15, 0.2) is 5.78 Å². The van der Waals surface area contributed by atoms with Gasteiger partial charge in [-0.2, -0.15) is 0 Å². The van der Waals surface area contributed by atoms with Gasteiger partial charge >= 0.3 is 35.0 Å². The number of methoxy groups -OCH3 is 1. The van der Waals surface area contributed by atoms with E-state index in [4.69, 9.17) is 24.4 Å². The van der Waals surface area contributed by atoms with Gasteiger partial charge in [0.05, 0.1) is 7.11 Å². The van der Waals surface area contributed by atoms with Crippen molar-refractivity contribution in [3.05, 3.63) is 96.5 Å². The van der Waals surface area contributed by atoms with Crippen LogP contribution < -0.4 is 31.0 Å². The molecule has 0 saturated carbocycles. The number of Topliss-reactive ketones (excluding diaryl/α,β-unsaturated/α-hetero) is 1. The minimum Gasteiger partial charge on any atom is -0.657 e. The van der Waals surface area contributed by atoms with E-state index in [2.05, 4.69) is 67.3 Å². The number of esters is 2. The molecular formula is C55H73MgN4O5-. The molecule has 6 rings (SSSR count). The minimum absolute atomic E-state index is 0. The summed E-state index contributed by atoms with van der Waals surface area (Å²) in [6, 6.07) is 0. The van der Waals surface area contributed by atoms with Crippen molar-refractivity contribution in [3.63, 3.8) is 0 Å². The fraction of sp³-hybridized carbons (Fsp3) is 0.545. The molecule has 9 nitrogen and oxygen atoms in total. The van der Waals surface area contributed by atoms with Gasteiger partial charge in [-0.25, -0.2) is 0 Å². The first-order valence-corrected chi connectivity index (χ1v) is 24.1. The Morgan fingerprint density at radius 3 is 2.14 bits per heavy atom. The molecule has 3 aromatic heterocycles. The molecule has 8 bridgehead atoms. The molecule has 3 aromatic rings. The van der Waals surface area contributed by atoms with Gasteiger partial charge in [0.2, 0.25) is 0 Å². The first-order chi connectivity index (χ1) is 30.6. The summed E-state index contributed by atoms with van der Waals surface area (Å²) in [6.45, 7) is 26.1. The molecule has 1 saturated heterocycles. The Bertz CT molecular complexity index is 2450. The molecule has 0 amide bonds. The number of carbonyl (C=O) groups is 3. The number of ketones is 1. The van der Waals surface area contributed by atoms with Crippen LogP contribution in [0.25, 0.3) is 29.9 Å². The average molecular weight is 895 g/mol. The normalized spacial score (nSPS) is 21.7. The van der Waals surface area contributed by atoms with E-state index in [1.165, 1.54) is 57.6 Å². The predicted molar refractivity (Wildman–Crippen MR) is 264 cm³/mol. The van der Waals surface area contributed by atoms with Crippen LogP contribution in [0.5, 0.6) is 0 Å². The number of hydrogen-bond donors (Lipinski definition) is 1. The van der Waals surface area contributed by atoms with Crippen LogP contribution in [0.2, 0.25) is 0 Å². The van der Waals surface area contributed by atoms with Gasteiger partial charge in [-0.3, -0.25) is 14.4 Å². The van der Waals surface area contributed by atoms with Crippen molar-refractivity contribution in [1.29, 1.82) is 0 Å². The molecule has 10 heteroatoms. The van der Waals surface area contributed by atoms with E-state index in [-0.39, 0.29) is 59.7 Å². The fourth-order valence-electron chi connectivity index (χ4n) is 10.2. The zero-order valence-electron chi connectivity index (χ0n) is 41.3. The summed E-state index contributed by atoms with van der Waals surface area (Å²) in [6.07, 6.45) is 22.5. The third-order valence-corrected chi connectivity index (χ3v) is 14.3. The molecule has 1 aliphatic carbocycles. The van der Waals surface area contributed by atoms with E-state index in [1.807, 2.05) is 44.2 Å². The first-order valence-electron chi connectivity index (χ1n) is 24.1. The van der Waals surface area contributed by atoms with Crippen molar-refractivity contribution in [2.45, 2.75) is 146 Å². The van der Waals surface area contributed by atoms with Crippen molar-refractivity contribution in [3.8, 4) is 0 Å².